The van der Waals surface area contributed by atoms with Gasteiger partial charge < -0.3 is 9.84 Å². The normalized spacial score (nSPS) is 12.6. The second kappa shape index (κ2) is 24.1. The van der Waals surface area contributed by atoms with Crippen LogP contribution in [0.1, 0.15) is 136 Å². The van der Waals surface area contributed by atoms with E-state index in [0.29, 0.717) is 12.8 Å². The van der Waals surface area contributed by atoms with Crippen LogP contribution >= 0.6 is 0 Å². The van der Waals surface area contributed by atoms with Gasteiger partial charge in [0.05, 0.1) is 6.42 Å². The van der Waals surface area contributed by atoms with E-state index in [1.807, 2.05) is 6.92 Å². The lowest BCUT2D eigenvalue weighted by atomic mass is 10.1. The van der Waals surface area contributed by atoms with E-state index in [4.69, 9.17) is 9.84 Å². The van der Waals surface area contributed by atoms with Crippen molar-refractivity contribution in [1.29, 1.82) is 0 Å². The molecule has 0 bridgehead atoms. The summed E-state index contributed by atoms with van der Waals surface area (Å²) >= 11 is 0. The highest BCUT2D eigenvalue weighted by Crippen LogP contribution is 2.13. The fourth-order valence-electron chi connectivity index (χ4n) is 3.75. The molecule has 0 aromatic heterocycles. The lowest BCUT2D eigenvalue weighted by Gasteiger charge is -2.15. The van der Waals surface area contributed by atoms with Crippen LogP contribution in [0.5, 0.6) is 0 Å². The zero-order valence-corrected chi connectivity index (χ0v) is 21.0. The predicted octanol–water partition coefficient (Wildman–Crippen LogP) is 8.55. The summed E-state index contributed by atoms with van der Waals surface area (Å²) in [6.07, 6.45) is 28.7. The maximum Gasteiger partial charge on any atom is 0.307 e. The molecule has 0 fully saturated rings. The van der Waals surface area contributed by atoms with Gasteiger partial charge in [-0.1, -0.05) is 102 Å². The Morgan fingerprint density at radius 2 is 1.25 bits per heavy atom. The van der Waals surface area contributed by atoms with Gasteiger partial charge >= 0.3 is 11.9 Å². The molecule has 0 spiro atoms. The molecule has 1 N–H and O–H groups in total. The maximum atomic E-state index is 11.9. The summed E-state index contributed by atoms with van der Waals surface area (Å²) in [6.45, 7) is 4.21. The molecule has 0 saturated heterocycles. The minimum atomic E-state index is -0.909. The average molecular weight is 451 g/mol. The van der Waals surface area contributed by atoms with Gasteiger partial charge in [0.1, 0.15) is 6.10 Å². The standard InChI is InChI=1S/C28H50O4/c1-3-5-6-7-8-9-10-11-12-13-14-15-16-17-18-19-20-21-22-24-28(31)32-26(23-4-2)25-27(29)30/h8-9,11-12,26H,3-7,10,13-25H2,1-2H3,(H,29,30)/b9-8-,12-11-. The van der Waals surface area contributed by atoms with Crippen molar-refractivity contribution in [3.8, 4) is 0 Å². The van der Waals surface area contributed by atoms with E-state index in [9.17, 15) is 9.59 Å². The van der Waals surface area contributed by atoms with Crippen LogP contribution in [0.3, 0.4) is 0 Å². The number of ether oxygens (including phenoxy) is 1. The van der Waals surface area contributed by atoms with Crippen molar-refractivity contribution in [3.05, 3.63) is 24.3 Å². The minimum Gasteiger partial charge on any atom is -0.481 e. The first-order valence-corrected chi connectivity index (χ1v) is 13.3. The van der Waals surface area contributed by atoms with E-state index in [1.165, 1.54) is 70.6 Å². The van der Waals surface area contributed by atoms with E-state index in [0.717, 1.165) is 32.1 Å². The van der Waals surface area contributed by atoms with Crippen molar-refractivity contribution in [2.24, 2.45) is 0 Å². The van der Waals surface area contributed by atoms with E-state index >= 15 is 0 Å². The molecule has 0 heterocycles. The fourth-order valence-corrected chi connectivity index (χ4v) is 3.75. The molecule has 4 heteroatoms. The summed E-state index contributed by atoms with van der Waals surface area (Å²) in [7, 11) is 0. The van der Waals surface area contributed by atoms with Crippen molar-refractivity contribution < 1.29 is 19.4 Å². The largest absolute Gasteiger partial charge is 0.481 e. The number of carboxylic acid groups (broad SMARTS) is 1. The minimum absolute atomic E-state index is 0.0909. The highest BCUT2D eigenvalue weighted by Gasteiger charge is 2.16. The Morgan fingerprint density at radius 3 is 1.78 bits per heavy atom. The second-order valence-corrected chi connectivity index (χ2v) is 8.89. The van der Waals surface area contributed by atoms with Crippen molar-refractivity contribution in [3.63, 3.8) is 0 Å². The number of rotatable bonds is 23. The Hall–Kier alpha value is -1.58. The molecule has 1 unspecified atom stereocenters. The molecule has 32 heavy (non-hydrogen) atoms. The smallest absolute Gasteiger partial charge is 0.307 e. The Kier molecular flexibility index (Phi) is 22.9. The lowest BCUT2D eigenvalue weighted by Crippen LogP contribution is -2.21. The molecule has 0 aliphatic heterocycles. The van der Waals surface area contributed by atoms with Crippen LogP contribution in [0.2, 0.25) is 0 Å². The number of aliphatic carboxylic acids is 1. The number of allylic oxidation sites excluding steroid dienone is 4. The number of unbranched alkanes of at least 4 members (excludes halogenated alkanes) is 12. The highest BCUT2D eigenvalue weighted by atomic mass is 16.5. The first kappa shape index (κ1) is 30.4. The van der Waals surface area contributed by atoms with Crippen molar-refractivity contribution >= 4 is 11.9 Å². The lowest BCUT2D eigenvalue weighted by molar-refractivity contribution is -0.153. The molecular formula is C28H50O4. The predicted molar refractivity (Wildman–Crippen MR) is 135 cm³/mol. The van der Waals surface area contributed by atoms with Crippen LogP contribution in [-0.2, 0) is 14.3 Å². The van der Waals surface area contributed by atoms with Crippen LogP contribution in [0.15, 0.2) is 24.3 Å². The number of esters is 1. The quantitative estimate of drug-likeness (QED) is 0.0962. The van der Waals surface area contributed by atoms with Crippen molar-refractivity contribution in [1.82, 2.24) is 0 Å². The SMILES string of the molecule is CCCCC/C=C\C/C=C\CCCCCCCCCCCC(=O)OC(CCC)CC(=O)O. The summed E-state index contributed by atoms with van der Waals surface area (Å²) < 4.78 is 5.31. The maximum absolute atomic E-state index is 11.9. The van der Waals surface area contributed by atoms with Gasteiger partial charge in [-0.15, -0.1) is 0 Å². The van der Waals surface area contributed by atoms with Crippen LogP contribution in [0.25, 0.3) is 0 Å². The van der Waals surface area contributed by atoms with Gasteiger partial charge in [0.15, 0.2) is 0 Å². The first-order chi connectivity index (χ1) is 15.6. The van der Waals surface area contributed by atoms with Gasteiger partial charge in [-0.2, -0.15) is 0 Å². The summed E-state index contributed by atoms with van der Waals surface area (Å²) in [4.78, 5) is 22.7. The third kappa shape index (κ3) is 23.1. The van der Waals surface area contributed by atoms with Gasteiger partial charge in [-0.05, 0) is 44.9 Å². The van der Waals surface area contributed by atoms with Gasteiger partial charge in [-0.25, -0.2) is 0 Å². The Morgan fingerprint density at radius 1 is 0.719 bits per heavy atom. The van der Waals surface area contributed by atoms with E-state index < -0.39 is 12.1 Å². The number of carboxylic acids is 1. The number of hydrogen-bond acceptors (Lipinski definition) is 3. The first-order valence-electron chi connectivity index (χ1n) is 13.3. The van der Waals surface area contributed by atoms with Crippen LogP contribution in [0.4, 0.5) is 0 Å². The third-order valence-electron chi connectivity index (χ3n) is 5.64. The Labute approximate surface area is 197 Å². The molecule has 4 nitrogen and oxygen atoms in total. The third-order valence-corrected chi connectivity index (χ3v) is 5.64. The molecule has 0 saturated carbocycles. The Bertz CT molecular complexity index is 496. The summed E-state index contributed by atoms with van der Waals surface area (Å²) in [5.41, 5.74) is 0. The zero-order chi connectivity index (χ0) is 23.7. The molecule has 0 amide bonds. The number of carbonyl (C=O) groups excluding carboxylic acids is 1. The van der Waals surface area contributed by atoms with Crippen LogP contribution in [-0.4, -0.2) is 23.1 Å². The molecule has 0 aromatic rings. The zero-order valence-electron chi connectivity index (χ0n) is 21.0. The van der Waals surface area contributed by atoms with Crippen LogP contribution in [0, 0.1) is 0 Å². The van der Waals surface area contributed by atoms with Gasteiger partial charge in [0.25, 0.3) is 0 Å². The van der Waals surface area contributed by atoms with E-state index in [2.05, 4.69) is 31.2 Å². The second-order valence-electron chi connectivity index (χ2n) is 8.89. The molecule has 186 valence electrons. The highest BCUT2D eigenvalue weighted by molar-refractivity contribution is 5.71. The molecule has 0 radical (unpaired) electrons. The topological polar surface area (TPSA) is 63.6 Å². The molecule has 1 atom stereocenters. The molecule has 0 aromatic carbocycles. The molecular weight excluding hydrogens is 400 g/mol. The monoisotopic (exact) mass is 450 g/mol. The van der Waals surface area contributed by atoms with Gasteiger partial charge in [0.2, 0.25) is 0 Å². The molecule has 0 aliphatic carbocycles. The molecule has 0 aliphatic rings. The van der Waals surface area contributed by atoms with Crippen LogP contribution < -0.4 is 0 Å². The molecule has 0 rings (SSSR count). The average Bonchev–Trinajstić information content (AvgIpc) is 2.75. The van der Waals surface area contributed by atoms with Crippen molar-refractivity contribution in [2.45, 2.75) is 142 Å². The Balaban J connectivity index is 3.42. The number of carbonyl (C=O) groups is 2. The van der Waals surface area contributed by atoms with Gasteiger partial charge in [-0.3, -0.25) is 9.59 Å². The summed E-state index contributed by atoms with van der Waals surface area (Å²) in [5.74, 6) is -1.16. The summed E-state index contributed by atoms with van der Waals surface area (Å²) in [5, 5.41) is 8.87. The number of hydrogen-bond donors (Lipinski definition) is 1. The van der Waals surface area contributed by atoms with Gasteiger partial charge in [0, 0.05) is 6.42 Å². The van der Waals surface area contributed by atoms with Crippen molar-refractivity contribution in [2.75, 3.05) is 0 Å². The van der Waals surface area contributed by atoms with E-state index in [-0.39, 0.29) is 12.4 Å². The van der Waals surface area contributed by atoms with E-state index in [1.54, 1.807) is 0 Å². The summed E-state index contributed by atoms with van der Waals surface area (Å²) in [6, 6.07) is 0. The fraction of sp³-hybridized carbons (Fsp3) is 0.786.